The Morgan fingerprint density at radius 2 is 1.80 bits per heavy atom. The van der Waals surface area contributed by atoms with E-state index in [-0.39, 0.29) is 12.5 Å². The lowest BCUT2D eigenvalue weighted by Crippen LogP contribution is -2.35. The fraction of sp³-hybridized carbons (Fsp3) is 0.190. The third-order valence-electron chi connectivity index (χ3n) is 4.11. The lowest BCUT2D eigenvalue weighted by Gasteiger charge is -2.18. The van der Waals surface area contributed by atoms with Crippen molar-refractivity contribution in [1.29, 1.82) is 0 Å². The van der Waals surface area contributed by atoms with Crippen LogP contribution >= 0.6 is 34.5 Å². The molecule has 0 aliphatic rings. The van der Waals surface area contributed by atoms with Gasteiger partial charge in [-0.15, -0.1) is 11.3 Å². The van der Waals surface area contributed by atoms with Gasteiger partial charge in [-0.25, -0.2) is 4.98 Å². The lowest BCUT2D eigenvalue weighted by molar-refractivity contribution is -0.116. The Morgan fingerprint density at radius 1 is 1.13 bits per heavy atom. The van der Waals surface area contributed by atoms with Crippen LogP contribution in [0.1, 0.15) is 21.1 Å². The summed E-state index contributed by atoms with van der Waals surface area (Å²) in [5, 5.41) is 6.22. The first-order valence-electron chi connectivity index (χ1n) is 8.96. The molecular weight excluding hydrogens is 445 g/mol. The van der Waals surface area contributed by atoms with Crippen molar-refractivity contribution >= 4 is 52.0 Å². The molecule has 0 saturated heterocycles. The van der Waals surface area contributed by atoms with Crippen LogP contribution in [0.3, 0.4) is 0 Å². The number of halogens is 2. The molecule has 2 aromatic carbocycles. The Balaban J connectivity index is 1.55. The predicted molar refractivity (Wildman–Crippen MR) is 120 cm³/mol. The highest BCUT2D eigenvalue weighted by Crippen LogP contribution is 2.29. The van der Waals surface area contributed by atoms with Crippen LogP contribution in [0.25, 0.3) is 0 Å². The number of hydrogen-bond acceptors (Lipinski definition) is 5. The smallest absolute Gasteiger partial charge is 0.254 e. The molecule has 3 aromatic rings. The van der Waals surface area contributed by atoms with Crippen molar-refractivity contribution in [3.63, 3.8) is 0 Å². The van der Waals surface area contributed by atoms with Crippen LogP contribution < -0.4 is 10.1 Å². The Morgan fingerprint density at radius 3 is 2.40 bits per heavy atom. The molecule has 1 aromatic heterocycles. The second-order valence-electron chi connectivity index (χ2n) is 6.48. The molecule has 0 unspecified atom stereocenters. The molecule has 6 nitrogen and oxygen atoms in total. The average Bonchev–Trinajstić information content (AvgIpc) is 3.14. The van der Waals surface area contributed by atoms with Crippen molar-refractivity contribution in [3.8, 4) is 5.75 Å². The Bertz CT molecular complexity index is 1030. The molecule has 2 amide bonds. The van der Waals surface area contributed by atoms with Gasteiger partial charge in [0.15, 0.2) is 0 Å². The van der Waals surface area contributed by atoms with Gasteiger partial charge in [0, 0.05) is 18.0 Å². The van der Waals surface area contributed by atoms with Gasteiger partial charge in [0.25, 0.3) is 5.91 Å². The third kappa shape index (κ3) is 5.72. The molecule has 0 aliphatic carbocycles. The van der Waals surface area contributed by atoms with Crippen LogP contribution in [0.4, 0.5) is 5.69 Å². The van der Waals surface area contributed by atoms with Crippen molar-refractivity contribution in [3.05, 3.63) is 74.2 Å². The van der Waals surface area contributed by atoms with Crippen LogP contribution in [-0.4, -0.2) is 35.3 Å². The zero-order valence-corrected chi connectivity index (χ0v) is 18.6. The SMILES string of the molecule is Cc1nc(COc2ccc(C(=O)N(C)CC(=O)Nc3c(Cl)cccc3Cl)cc2)cs1. The minimum absolute atomic E-state index is 0.151. The molecule has 1 N–H and O–H groups in total. The molecule has 0 atom stereocenters. The second kappa shape index (κ2) is 9.93. The Kier molecular flexibility index (Phi) is 7.31. The maximum atomic E-state index is 12.6. The van der Waals surface area contributed by atoms with Crippen LogP contribution in [0.2, 0.25) is 10.0 Å². The minimum Gasteiger partial charge on any atom is -0.487 e. The Hall–Kier alpha value is -2.61. The van der Waals surface area contributed by atoms with Crippen LogP contribution in [0.5, 0.6) is 5.75 Å². The van der Waals surface area contributed by atoms with Gasteiger partial charge in [-0.05, 0) is 43.3 Å². The summed E-state index contributed by atoms with van der Waals surface area (Å²) in [5.41, 5.74) is 1.63. The average molecular weight is 464 g/mol. The monoisotopic (exact) mass is 463 g/mol. The van der Waals surface area contributed by atoms with E-state index in [9.17, 15) is 9.59 Å². The van der Waals surface area contributed by atoms with Gasteiger partial charge < -0.3 is 15.0 Å². The highest BCUT2D eigenvalue weighted by Gasteiger charge is 2.17. The topological polar surface area (TPSA) is 71.5 Å². The molecule has 1 heterocycles. The number of carbonyl (C=O) groups excluding carboxylic acids is 2. The van der Waals surface area contributed by atoms with Crippen molar-refractivity contribution in [1.82, 2.24) is 9.88 Å². The number of likely N-dealkylation sites (N-methyl/N-ethyl adjacent to an activating group) is 1. The second-order valence-corrected chi connectivity index (χ2v) is 8.35. The molecule has 0 aliphatic heterocycles. The van der Waals surface area contributed by atoms with E-state index in [2.05, 4.69) is 10.3 Å². The molecule has 3 rings (SSSR count). The number of aromatic nitrogens is 1. The van der Waals surface area contributed by atoms with E-state index in [4.69, 9.17) is 27.9 Å². The van der Waals surface area contributed by atoms with Crippen molar-refractivity contribution in [2.75, 3.05) is 18.9 Å². The highest BCUT2D eigenvalue weighted by molar-refractivity contribution is 7.09. The molecule has 0 radical (unpaired) electrons. The van der Waals surface area contributed by atoms with Gasteiger partial charge in [0.1, 0.15) is 12.4 Å². The number of aryl methyl sites for hydroxylation is 1. The van der Waals surface area contributed by atoms with Gasteiger partial charge >= 0.3 is 0 Å². The number of thiazole rings is 1. The van der Waals surface area contributed by atoms with Gasteiger partial charge in [-0.3, -0.25) is 9.59 Å². The van der Waals surface area contributed by atoms with E-state index < -0.39 is 5.91 Å². The van der Waals surface area contributed by atoms with E-state index >= 15 is 0 Å². The normalized spacial score (nSPS) is 10.5. The molecule has 9 heteroatoms. The number of nitrogens with one attached hydrogen (secondary N) is 1. The number of anilines is 1. The van der Waals surface area contributed by atoms with E-state index in [0.717, 1.165) is 10.7 Å². The molecule has 0 spiro atoms. The van der Waals surface area contributed by atoms with Crippen molar-refractivity contribution in [2.45, 2.75) is 13.5 Å². The van der Waals surface area contributed by atoms with Crippen molar-refractivity contribution in [2.24, 2.45) is 0 Å². The zero-order chi connectivity index (χ0) is 21.7. The molecule has 156 valence electrons. The summed E-state index contributed by atoms with van der Waals surface area (Å²) in [6, 6.07) is 11.7. The highest BCUT2D eigenvalue weighted by atomic mass is 35.5. The molecule has 30 heavy (non-hydrogen) atoms. The molecular formula is C21H19Cl2N3O3S. The standard InChI is InChI=1S/C21H19Cl2N3O3S/c1-13-24-15(12-30-13)11-29-16-8-6-14(7-9-16)21(28)26(2)10-19(27)25-20-17(22)4-3-5-18(20)23/h3-9,12H,10-11H2,1-2H3,(H,25,27). The van der Waals surface area contributed by atoms with Crippen LogP contribution in [0.15, 0.2) is 47.8 Å². The first kappa shape index (κ1) is 22.1. The summed E-state index contributed by atoms with van der Waals surface area (Å²) in [6.07, 6.45) is 0. The van der Waals surface area contributed by atoms with Crippen molar-refractivity contribution < 1.29 is 14.3 Å². The summed E-state index contributed by atoms with van der Waals surface area (Å²) in [4.78, 5) is 30.6. The number of carbonyl (C=O) groups is 2. The molecule has 0 fully saturated rings. The fourth-order valence-electron chi connectivity index (χ4n) is 2.63. The van der Waals surface area contributed by atoms with Gasteiger partial charge in [-0.2, -0.15) is 0 Å². The fourth-order valence-corrected chi connectivity index (χ4v) is 3.72. The third-order valence-corrected chi connectivity index (χ3v) is 5.56. The number of nitrogens with zero attached hydrogens (tertiary/aromatic N) is 2. The summed E-state index contributed by atoms with van der Waals surface area (Å²) < 4.78 is 5.68. The zero-order valence-electron chi connectivity index (χ0n) is 16.3. The number of benzene rings is 2. The number of hydrogen-bond donors (Lipinski definition) is 1. The van der Waals surface area contributed by atoms with E-state index in [1.807, 2.05) is 12.3 Å². The summed E-state index contributed by atoms with van der Waals surface area (Å²) in [6.45, 7) is 2.15. The molecule has 0 bridgehead atoms. The van der Waals surface area contributed by atoms with Crippen LogP contribution in [0, 0.1) is 6.92 Å². The number of ether oxygens (including phenoxy) is 1. The maximum Gasteiger partial charge on any atom is 0.254 e. The van der Waals surface area contributed by atoms with Gasteiger partial charge in [-0.1, -0.05) is 29.3 Å². The summed E-state index contributed by atoms with van der Waals surface area (Å²) >= 11 is 13.7. The number of para-hydroxylation sites is 1. The van der Waals surface area contributed by atoms with Gasteiger partial charge in [0.2, 0.25) is 5.91 Å². The number of amides is 2. The number of rotatable bonds is 7. The van der Waals surface area contributed by atoms with Gasteiger partial charge in [0.05, 0.1) is 33.0 Å². The largest absolute Gasteiger partial charge is 0.487 e. The molecule has 0 saturated carbocycles. The maximum absolute atomic E-state index is 12.6. The first-order chi connectivity index (χ1) is 14.3. The van der Waals surface area contributed by atoms with E-state index in [0.29, 0.717) is 33.7 Å². The van der Waals surface area contributed by atoms with Crippen LogP contribution in [-0.2, 0) is 11.4 Å². The Labute approximate surface area is 188 Å². The quantitative estimate of drug-likeness (QED) is 0.532. The predicted octanol–water partition coefficient (Wildman–Crippen LogP) is 5.05. The first-order valence-corrected chi connectivity index (χ1v) is 10.6. The summed E-state index contributed by atoms with van der Waals surface area (Å²) in [7, 11) is 1.55. The minimum atomic E-state index is -0.403. The van der Waals surface area contributed by atoms with E-state index in [1.165, 1.54) is 4.90 Å². The lowest BCUT2D eigenvalue weighted by atomic mass is 10.2. The van der Waals surface area contributed by atoms with E-state index in [1.54, 1.807) is 60.8 Å². The summed E-state index contributed by atoms with van der Waals surface area (Å²) in [5.74, 6) is -0.0672.